The van der Waals surface area contributed by atoms with E-state index in [1.54, 1.807) is 0 Å². The smallest absolute Gasteiger partial charge is 0.274 e. The van der Waals surface area contributed by atoms with Crippen molar-refractivity contribution in [1.29, 1.82) is 0 Å². The fourth-order valence-electron chi connectivity index (χ4n) is 4.54. The average molecular weight is 566 g/mol. The Morgan fingerprint density at radius 3 is 2.49 bits per heavy atom. The predicted octanol–water partition coefficient (Wildman–Crippen LogP) is -1.06. The number of benzene rings is 1. The van der Waals surface area contributed by atoms with Gasteiger partial charge < -0.3 is 34.9 Å². The van der Waals surface area contributed by atoms with E-state index in [4.69, 9.17) is 20.3 Å². The van der Waals surface area contributed by atoms with Gasteiger partial charge in [-0.2, -0.15) is 13.1 Å². The molecule has 1 aromatic carbocycles. The Bertz CT molecular complexity index is 1550. The highest BCUT2D eigenvalue weighted by Gasteiger charge is 2.44. The monoisotopic (exact) mass is 565 g/mol. The van der Waals surface area contributed by atoms with Crippen LogP contribution in [0.25, 0.3) is 11.0 Å². The Labute approximate surface area is 221 Å². The Morgan fingerprint density at radius 1 is 1.13 bits per heavy atom. The largest absolute Gasteiger partial charge is 0.387 e. The van der Waals surface area contributed by atoms with E-state index in [0.29, 0.717) is 32.0 Å². The third-order valence-electron chi connectivity index (χ3n) is 6.46. The summed E-state index contributed by atoms with van der Waals surface area (Å²) in [5.41, 5.74) is 6.31. The lowest BCUT2D eigenvalue weighted by molar-refractivity contribution is -0.0327. The molecule has 0 spiro atoms. The molecule has 208 valence electrons. The molecule has 16 heteroatoms. The summed E-state index contributed by atoms with van der Waals surface area (Å²) < 4.78 is 66.6. The first-order valence-corrected chi connectivity index (χ1v) is 13.3. The van der Waals surface area contributed by atoms with Crippen LogP contribution in [0.3, 0.4) is 0 Å². The van der Waals surface area contributed by atoms with E-state index in [1.807, 2.05) is 9.62 Å². The van der Waals surface area contributed by atoms with Gasteiger partial charge in [-0.05, 0) is 12.1 Å². The summed E-state index contributed by atoms with van der Waals surface area (Å²) in [5.74, 6) is 3.52. The zero-order valence-corrected chi connectivity index (χ0v) is 21.1. The molecule has 0 unspecified atom stereocenters. The van der Waals surface area contributed by atoms with Crippen LogP contribution >= 0.6 is 0 Å². The molecule has 0 radical (unpaired) electrons. The van der Waals surface area contributed by atoms with Crippen molar-refractivity contribution >= 4 is 32.7 Å². The molecule has 2 fully saturated rings. The van der Waals surface area contributed by atoms with Crippen molar-refractivity contribution in [3.05, 3.63) is 47.4 Å². The van der Waals surface area contributed by atoms with Crippen LogP contribution < -0.4 is 20.5 Å². The van der Waals surface area contributed by atoms with Crippen LogP contribution in [0, 0.1) is 23.5 Å². The van der Waals surface area contributed by atoms with Gasteiger partial charge in [-0.3, -0.25) is 0 Å². The normalized spacial score (nSPS) is 23.7. The van der Waals surface area contributed by atoms with Gasteiger partial charge in [-0.1, -0.05) is 11.8 Å². The summed E-state index contributed by atoms with van der Waals surface area (Å²) in [6.45, 7) is 1.52. The summed E-state index contributed by atoms with van der Waals surface area (Å²) in [6.07, 6.45) is -2.83. The van der Waals surface area contributed by atoms with E-state index < -0.39 is 58.5 Å². The van der Waals surface area contributed by atoms with Gasteiger partial charge in [0.25, 0.3) is 10.2 Å². The molecule has 4 heterocycles. The Hall–Kier alpha value is -3.43. The number of nitrogen functional groups attached to an aromatic ring is 1. The fraction of sp³-hybridized carbons (Fsp3) is 0.391. The Kier molecular flexibility index (Phi) is 7.39. The third kappa shape index (κ3) is 5.51. The summed E-state index contributed by atoms with van der Waals surface area (Å²) >= 11 is 0. The van der Waals surface area contributed by atoms with Crippen LogP contribution in [0.1, 0.15) is 17.4 Å². The fourth-order valence-corrected chi connectivity index (χ4v) is 4.93. The number of nitrogens with zero attached hydrogens (tertiary/aromatic N) is 4. The number of halogens is 2. The Morgan fingerprint density at radius 2 is 1.82 bits per heavy atom. The molecule has 13 nitrogen and oxygen atoms in total. The summed E-state index contributed by atoms with van der Waals surface area (Å²) in [6, 6.07) is 2.41. The number of morpholine rings is 1. The lowest BCUT2D eigenvalue weighted by Gasteiger charge is -2.29. The quantitative estimate of drug-likeness (QED) is 0.238. The van der Waals surface area contributed by atoms with E-state index >= 15 is 0 Å². The van der Waals surface area contributed by atoms with E-state index in [-0.39, 0.29) is 22.4 Å². The minimum atomic E-state index is -4.08. The molecule has 2 aliphatic heterocycles. The molecule has 0 bridgehead atoms. The number of rotatable bonds is 5. The summed E-state index contributed by atoms with van der Waals surface area (Å²) in [4.78, 5) is 9.92. The first-order chi connectivity index (χ1) is 18.5. The second kappa shape index (κ2) is 10.6. The highest BCUT2D eigenvalue weighted by atomic mass is 32.2. The number of hydrogen-bond acceptors (Lipinski definition) is 10. The second-order valence-corrected chi connectivity index (χ2v) is 10.4. The van der Waals surface area contributed by atoms with E-state index in [9.17, 15) is 27.4 Å². The van der Waals surface area contributed by atoms with Crippen LogP contribution in [0.4, 0.5) is 20.3 Å². The van der Waals surface area contributed by atoms with Gasteiger partial charge in [0.15, 0.2) is 6.23 Å². The molecule has 2 aromatic heterocycles. The minimum absolute atomic E-state index is 0.00661. The standard InChI is InChI=1S/C23H25F2N7O6S/c24-15-7-13(31-3-5-37-6-4-31)8-16(25)14(15)2-1-12-10-32(22-18(12)21(26)28-11-29-22)23-20(34)19(33)17(38-23)9-30-39(27,35)36/h7-8,10-11,17,19-20,23,30,33-34H,3-6,9H2,(H2,26,28,29)(H2,27,35,36)/t17-,19-,20-,23-/m1/s1. The van der Waals surface area contributed by atoms with Crippen LogP contribution in [0.2, 0.25) is 0 Å². The predicted molar refractivity (Wildman–Crippen MR) is 134 cm³/mol. The number of aliphatic hydroxyl groups excluding tert-OH is 2. The Balaban J connectivity index is 1.49. The zero-order chi connectivity index (χ0) is 27.9. The van der Waals surface area contributed by atoms with Gasteiger partial charge in [0.05, 0.1) is 29.7 Å². The van der Waals surface area contributed by atoms with Gasteiger partial charge in [0.2, 0.25) is 0 Å². The maximum atomic E-state index is 14.9. The highest BCUT2D eigenvalue weighted by Crippen LogP contribution is 2.34. The molecule has 5 rings (SSSR count). The van der Waals surface area contributed by atoms with E-state index in [1.165, 1.54) is 22.9 Å². The molecule has 7 N–H and O–H groups in total. The van der Waals surface area contributed by atoms with Crippen molar-refractivity contribution in [3.8, 4) is 11.8 Å². The van der Waals surface area contributed by atoms with Gasteiger partial charge in [0.1, 0.15) is 47.7 Å². The van der Waals surface area contributed by atoms with Crippen LogP contribution in [0.15, 0.2) is 24.7 Å². The summed E-state index contributed by atoms with van der Waals surface area (Å²) in [5, 5.41) is 26.2. The molecule has 4 atom stereocenters. The first kappa shape index (κ1) is 27.1. The van der Waals surface area contributed by atoms with Crippen LogP contribution in [-0.4, -0.2) is 84.3 Å². The van der Waals surface area contributed by atoms with Gasteiger partial charge in [-0.15, -0.1) is 0 Å². The molecule has 0 aliphatic carbocycles. The number of nitrogens with one attached hydrogen (secondary N) is 1. The third-order valence-corrected chi connectivity index (χ3v) is 7.03. The molecule has 3 aromatic rings. The van der Waals surface area contributed by atoms with Crippen molar-refractivity contribution in [2.75, 3.05) is 43.5 Å². The number of ether oxygens (including phenoxy) is 2. The van der Waals surface area contributed by atoms with Crippen molar-refractivity contribution in [3.63, 3.8) is 0 Å². The molecular formula is C23H25F2N7O6S. The molecule has 0 amide bonds. The molecular weight excluding hydrogens is 540 g/mol. The minimum Gasteiger partial charge on any atom is -0.387 e. The summed E-state index contributed by atoms with van der Waals surface area (Å²) in [7, 11) is -4.08. The average Bonchev–Trinajstić information content (AvgIpc) is 3.40. The number of hydrogen-bond donors (Lipinski definition) is 5. The zero-order valence-electron chi connectivity index (χ0n) is 20.3. The number of nitrogens with two attached hydrogens (primary N) is 2. The lowest BCUT2D eigenvalue weighted by atomic mass is 10.1. The van der Waals surface area contributed by atoms with Crippen molar-refractivity contribution in [2.24, 2.45) is 5.14 Å². The highest BCUT2D eigenvalue weighted by molar-refractivity contribution is 7.87. The van der Waals surface area contributed by atoms with Gasteiger partial charge in [-0.25, -0.2) is 23.9 Å². The number of aliphatic hydroxyl groups is 2. The number of fused-ring (bicyclic) bond motifs is 1. The maximum Gasteiger partial charge on any atom is 0.274 e. The van der Waals surface area contributed by atoms with Crippen LogP contribution in [0.5, 0.6) is 0 Å². The molecule has 2 aliphatic rings. The topological polar surface area (TPSA) is 191 Å². The maximum absolute atomic E-state index is 14.9. The van der Waals surface area contributed by atoms with E-state index in [0.717, 1.165) is 6.33 Å². The lowest BCUT2D eigenvalue weighted by Crippen LogP contribution is -2.42. The van der Waals surface area contributed by atoms with E-state index in [2.05, 4.69) is 21.8 Å². The van der Waals surface area contributed by atoms with Crippen molar-refractivity contribution < 1.29 is 36.9 Å². The molecule has 0 saturated carbocycles. The second-order valence-electron chi connectivity index (χ2n) is 8.98. The molecule has 39 heavy (non-hydrogen) atoms. The first-order valence-electron chi connectivity index (χ1n) is 11.8. The van der Waals surface area contributed by atoms with Crippen molar-refractivity contribution in [2.45, 2.75) is 24.5 Å². The van der Waals surface area contributed by atoms with Gasteiger partial charge >= 0.3 is 0 Å². The number of anilines is 2. The number of aromatic nitrogens is 3. The van der Waals surface area contributed by atoms with Crippen LogP contribution in [-0.2, 0) is 19.7 Å². The van der Waals surface area contributed by atoms with Gasteiger partial charge in [0, 0.05) is 31.5 Å². The molecule has 2 saturated heterocycles. The van der Waals surface area contributed by atoms with Crippen molar-refractivity contribution in [1.82, 2.24) is 19.3 Å². The SMILES string of the molecule is Nc1ncnc2c1c(C#Cc1c(F)cc(N3CCOCC3)cc1F)cn2[C@@H]1O[C@H](CNS(N)(=O)=O)[C@@H](O)[C@H]1O.